The topological polar surface area (TPSA) is 20.2 Å². The summed E-state index contributed by atoms with van der Waals surface area (Å²) in [4.78, 5) is 0. The Kier molecular flexibility index (Phi) is 4.49. The molecular weight excluding hydrogens is 164 g/mol. The van der Waals surface area contributed by atoms with Crippen molar-refractivity contribution in [2.24, 2.45) is 0 Å². The largest absolute Gasteiger partial charge is 0.391 e. The Balaban J connectivity index is 4.15. The molecule has 0 rings (SSSR count). The summed E-state index contributed by atoms with van der Waals surface area (Å²) in [5.74, 6) is 0. The molecule has 1 N–H and O–H groups in total. The maximum Gasteiger partial charge on any atom is 0.0566 e. The fourth-order valence-electron chi connectivity index (χ4n) is 1.82. The van der Waals surface area contributed by atoms with Crippen LogP contribution in [0.5, 0.6) is 0 Å². The van der Waals surface area contributed by atoms with Gasteiger partial charge < -0.3 is 5.11 Å². The van der Waals surface area contributed by atoms with Gasteiger partial charge in [0, 0.05) is 8.80 Å². The fraction of sp³-hybridized carbons (Fsp3) is 1.00. The van der Waals surface area contributed by atoms with Gasteiger partial charge in [-0.1, -0.05) is 38.8 Å². The molecule has 0 saturated carbocycles. The van der Waals surface area contributed by atoms with E-state index in [1.165, 1.54) is 0 Å². The summed E-state index contributed by atoms with van der Waals surface area (Å²) in [6, 6.07) is 1.04. The number of hydrogen-bond acceptors (Lipinski definition) is 1. The molecule has 0 aromatic rings. The molecule has 0 aliphatic rings. The lowest BCUT2D eigenvalue weighted by Crippen LogP contribution is -2.32. The van der Waals surface area contributed by atoms with Crippen LogP contribution < -0.4 is 0 Å². The van der Waals surface area contributed by atoms with Crippen molar-refractivity contribution in [3.8, 4) is 0 Å². The standard InChI is InChI=1S/C10H24OSi/c1-8(2)12(9(3)4)7-10(5,6)11/h8-9,11-12H,7H2,1-6H3. The third-order valence-electron chi connectivity index (χ3n) is 2.45. The van der Waals surface area contributed by atoms with Gasteiger partial charge in [-0.15, -0.1) is 0 Å². The zero-order chi connectivity index (χ0) is 9.94. The van der Waals surface area contributed by atoms with Gasteiger partial charge in [-0.05, 0) is 19.9 Å². The molecule has 74 valence electrons. The molecule has 0 aromatic carbocycles. The molecular formula is C10H24OSi. The Morgan fingerprint density at radius 3 is 1.50 bits per heavy atom. The van der Waals surface area contributed by atoms with E-state index < -0.39 is 14.4 Å². The summed E-state index contributed by atoms with van der Waals surface area (Å²) in [5, 5.41) is 9.72. The first-order valence-corrected chi connectivity index (χ1v) is 7.11. The summed E-state index contributed by atoms with van der Waals surface area (Å²) in [6.07, 6.45) is 0. The molecule has 0 atom stereocenters. The molecule has 0 fully saturated rings. The van der Waals surface area contributed by atoms with Crippen molar-refractivity contribution in [3.05, 3.63) is 0 Å². The van der Waals surface area contributed by atoms with Gasteiger partial charge in [0.15, 0.2) is 0 Å². The molecule has 0 heterocycles. The molecule has 0 saturated heterocycles. The van der Waals surface area contributed by atoms with Gasteiger partial charge in [0.2, 0.25) is 0 Å². The molecule has 0 spiro atoms. The highest BCUT2D eigenvalue weighted by Crippen LogP contribution is 2.28. The van der Waals surface area contributed by atoms with E-state index in [4.69, 9.17) is 0 Å². The summed E-state index contributed by atoms with van der Waals surface area (Å²) < 4.78 is 0. The normalized spacial score (nSPS) is 13.5. The van der Waals surface area contributed by atoms with Crippen molar-refractivity contribution >= 4 is 8.80 Å². The third kappa shape index (κ3) is 4.94. The second-order valence-corrected chi connectivity index (χ2v) is 9.57. The van der Waals surface area contributed by atoms with Crippen molar-refractivity contribution in [3.63, 3.8) is 0 Å². The molecule has 0 unspecified atom stereocenters. The zero-order valence-electron chi connectivity index (χ0n) is 9.39. The average Bonchev–Trinajstić information content (AvgIpc) is 1.79. The highest BCUT2D eigenvalue weighted by atomic mass is 28.3. The Bertz CT molecular complexity index is 116. The number of aliphatic hydroxyl groups is 1. The Labute approximate surface area is 78.8 Å². The maximum absolute atomic E-state index is 9.72. The molecule has 0 radical (unpaired) electrons. The summed E-state index contributed by atoms with van der Waals surface area (Å²) in [5.41, 5.74) is 1.15. The molecule has 0 amide bonds. The van der Waals surface area contributed by atoms with Crippen LogP contribution in [0, 0.1) is 0 Å². The van der Waals surface area contributed by atoms with Crippen molar-refractivity contribution in [1.82, 2.24) is 0 Å². The van der Waals surface area contributed by atoms with Gasteiger partial charge >= 0.3 is 0 Å². The van der Waals surface area contributed by atoms with E-state index in [1.807, 2.05) is 13.8 Å². The van der Waals surface area contributed by atoms with Crippen molar-refractivity contribution in [2.45, 2.75) is 64.3 Å². The van der Waals surface area contributed by atoms with Crippen LogP contribution in [0.1, 0.15) is 41.5 Å². The molecule has 12 heavy (non-hydrogen) atoms. The lowest BCUT2D eigenvalue weighted by atomic mass is 10.2. The molecule has 0 aliphatic heterocycles. The molecule has 0 aromatic heterocycles. The second kappa shape index (κ2) is 4.42. The Morgan fingerprint density at radius 1 is 1.08 bits per heavy atom. The van der Waals surface area contributed by atoms with E-state index in [1.54, 1.807) is 0 Å². The maximum atomic E-state index is 9.72. The van der Waals surface area contributed by atoms with E-state index in [0.717, 1.165) is 17.1 Å². The molecule has 2 heteroatoms. The van der Waals surface area contributed by atoms with Crippen LogP contribution in [0.15, 0.2) is 0 Å². The SMILES string of the molecule is CC(C)[SiH](CC(C)(C)O)C(C)C. The minimum Gasteiger partial charge on any atom is -0.391 e. The van der Waals surface area contributed by atoms with Gasteiger partial charge in [0.1, 0.15) is 0 Å². The van der Waals surface area contributed by atoms with Gasteiger partial charge in [0.25, 0.3) is 0 Å². The van der Waals surface area contributed by atoms with Gasteiger partial charge in [0.05, 0.1) is 5.60 Å². The molecule has 1 nitrogen and oxygen atoms in total. The van der Waals surface area contributed by atoms with E-state index in [2.05, 4.69) is 27.7 Å². The molecule has 0 aliphatic carbocycles. The quantitative estimate of drug-likeness (QED) is 0.673. The van der Waals surface area contributed by atoms with Crippen LogP contribution in [0.25, 0.3) is 0 Å². The number of rotatable bonds is 4. The predicted molar refractivity (Wildman–Crippen MR) is 58.4 cm³/mol. The lowest BCUT2D eigenvalue weighted by Gasteiger charge is -2.29. The van der Waals surface area contributed by atoms with Crippen molar-refractivity contribution in [2.75, 3.05) is 0 Å². The smallest absolute Gasteiger partial charge is 0.0566 e. The van der Waals surface area contributed by atoms with Crippen LogP contribution in [-0.2, 0) is 0 Å². The Hall–Kier alpha value is 0.177. The van der Waals surface area contributed by atoms with E-state index in [9.17, 15) is 5.11 Å². The minimum absolute atomic E-state index is 0.453. The minimum atomic E-state index is -0.755. The van der Waals surface area contributed by atoms with Gasteiger partial charge in [-0.2, -0.15) is 0 Å². The van der Waals surface area contributed by atoms with Crippen LogP contribution in [0.3, 0.4) is 0 Å². The van der Waals surface area contributed by atoms with Crippen molar-refractivity contribution < 1.29 is 5.11 Å². The highest BCUT2D eigenvalue weighted by Gasteiger charge is 2.26. The van der Waals surface area contributed by atoms with Crippen molar-refractivity contribution in [1.29, 1.82) is 0 Å². The Morgan fingerprint density at radius 2 is 1.42 bits per heavy atom. The number of hydrogen-bond donors (Lipinski definition) is 1. The highest BCUT2D eigenvalue weighted by molar-refractivity contribution is 6.62. The van der Waals surface area contributed by atoms with E-state index in [0.29, 0.717) is 0 Å². The first-order valence-electron chi connectivity index (χ1n) is 4.96. The predicted octanol–water partition coefficient (Wildman–Crippen LogP) is 2.80. The first-order chi connectivity index (χ1) is 5.24. The van der Waals surface area contributed by atoms with Gasteiger partial charge in [-0.25, -0.2) is 0 Å². The second-order valence-electron chi connectivity index (χ2n) is 5.17. The van der Waals surface area contributed by atoms with E-state index >= 15 is 0 Å². The lowest BCUT2D eigenvalue weighted by molar-refractivity contribution is 0.0999. The van der Waals surface area contributed by atoms with Crippen LogP contribution in [0.4, 0.5) is 0 Å². The average molecular weight is 188 g/mol. The summed E-state index contributed by atoms with van der Waals surface area (Å²) in [6.45, 7) is 13.0. The van der Waals surface area contributed by atoms with Crippen LogP contribution in [0.2, 0.25) is 17.1 Å². The summed E-state index contributed by atoms with van der Waals surface area (Å²) >= 11 is 0. The fourth-order valence-corrected chi connectivity index (χ4v) is 5.45. The first kappa shape index (κ1) is 12.2. The summed E-state index contributed by atoms with van der Waals surface area (Å²) in [7, 11) is -0.755. The monoisotopic (exact) mass is 188 g/mol. The van der Waals surface area contributed by atoms with Crippen LogP contribution >= 0.6 is 0 Å². The third-order valence-corrected chi connectivity index (χ3v) is 7.34. The zero-order valence-corrected chi connectivity index (χ0v) is 10.5. The van der Waals surface area contributed by atoms with E-state index in [-0.39, 0.29) is 0 Å². The van der Waals surface area contributed by atoms with Gasteiger partial charge in [-0.3, -0.25) is 0 Å². The molecule has 0 bridgehead atoms. The van der Waals surface area contributed by atoms with Crippen LogP contribution in [-0.4, -0.2) is 19.5 Å².